The van der Waals surface area contributed by atoms with Gasteiger partial charge in [0, 0.05) is 5.80 Å². The SMILES string of the molecule is [C-]1=CC=CC1.[Cl-].[Cl-].[Hf+4].c1ccc2[cH-]c(-p3cc[nH+]c3)cc2c1. The van der Waals surface area contributed by atoms with Crippen LogP contribution in [0.4, 0.5) is 0 Å². The Morgan fingerprint density at radius 3 is 2.55 bits per heavy atom. The number of aromatic amines is 1. The van der Waals surface area contributed by atoms with E-state index in [2.05, 4.69) is 65.3 Å². The monoisotopic (exact) mass is 514 g/mol. The van der Waals surface area contributed by atoms with Crippen LogP contribution in [0.25, 0.3) is 16.1 Å². The number of benzene rings is 1. The van der Waals surface area contributed by atoms with Gasteiger partial charge in [-0.25, -0.2) is 17.1 Å². The summed E-state index contributed by atoms with van der Waals surface area (Å²) < 4.78 is 0. The van der Waals surface area contributed by atoms with Crippen LogP contribution in [0, 0.1) is 6.08 Å². The number of allylic oxidation sites excluding steroid dienone is 4. The minimum Gasteiger partial charge on any atom is -1.00 e. The van der Waals surface area contributed by atoms with Crippen molar-refractivity contribution >= 4 is 18.3 Å². The zero-order valence-corrected chi connectivity index (χ0v) is 17.8. The maximum atomic E-state index is 3.14. The van der Waals surface area contributed by atoms with E-state index in [4.69, 9.17) is 0 Å². The quantitative estimate of drug-likeness (QED) is 0.283. The van der Waals surface area contributed by atoms with E-state index in [1.54, 1.807) is 0 Å². The molecule has 3 aromatic rings. The number of hydrogen-bond donors (Lipinski definition) is 0. The molecule has 1 heterocycles. The molecule has 1 N–H and O–H groups in total. The zero-order valence-electron chi connectivity index (χ0n) is 11.8. The first-order chi connectivity index (χ1) is 9.43. The first-order valence-corrected chi connectivity index (χ1v) is 7.83. The van der Waals surface area contributed by atoms with Crippen LogP contribution in [0.1, 0.15) is 6.42 Å². The van der Waals surface area contributed by atoms with Gasteiger partial charge in [0.05, 0.1) is 0 Å². The van der Waals surface area contributed by atoms with Crippen LogP contribution in [0.15, 0.2) is 72.5 Å². The molecule has 2 aromatic carbocycles. The fraction of sp³-hybridized carbons (Fsp3) is 0.0588. The van der Waals surface area contributed by atoms with Gasteiger partial charge in [0.25, 0.3) is 0 Å². The molecule has 0 fully saturated rings. The molecule has 0 saturated heterocycles. The molecule has 0 aliphatic heterocycles. The van der Waals surface area contributed by atoms with Gasteiger partial charge in [-0.05, 0) is 7.53 Å². The second-order valence-corrected chi connectivity index (χ2v) is 6.25. The minimum absolute atomic E-state index is 0. The molecule has 1 nitrogen and oxygen atoms in total. The van der Waals surface area contributed by atoms with E-state index >= 15 is 0 Å². The Balaban J connectivity index is 0.000000482. The molecule has 1 aromatic heterocycles. The minimum atomic E-state index is -0.204. The molecule has 4 rings (SSSR count). The van der Waals surface area contributed by atoms with Crippen LogP contribution in [0.2, 0.25) is 0 Å². The normalized spacial score (nSPS) is 11.7. The summed E-state index contributed by atoms with van der Waals surface area (Å²) >= 11 is 0. The van der Waals surface area contributed by atoms with Gasteiger partial charge in [0.2, 0.25) is 0 Å². The van der Waals surface area contributed by atoms with Crippen LogP contribution in [-0.2, 0) is 25.8 Å². The molecule has 1 atom stereocenters. The van der Waals surface area contributed by atoms with Gasteiger partial charge in [0.1, 0.15) is 0 Å². The number of aromatic nitrogens is 1. The van der Waals surface area contributed by atoms with E-state index in [0.717, 1.165) is 6.42 Å². The molecule has 1 aliphatic carbocycles. The third-order valence-corrected chi connectivity index (χ3v) is 4.78. The number of fused-ring (bicyclic) bond motifs is 1. The van der Waals surface area contributed by atoms with Gasteiger partial charge >= 0.3 is 25.8 Å². The van der Waals surface area contributed by atoms with E-state index in [0.29, 0.717) is 0 Å². The molecule has 110 valence electrons. The van der Waals surface area contributed by atoms with Crippen LogP contribution in [0.3, 0.4) is 0 Å². The number of hydrogen-bond acceptors (Lipinski definition) is 0. The molecule has 1 aliphatic rings. The largest absolute Gasteiger partial charge is 4.00 e. The molecule has 1 unspecified atom stereocenters. The standard InChI is InChI=1S/C12H9NP.C5H5.2ClH.Hf/c1-2-4-11-8-12(7-10(11)3-1)14-6-5-13-9-14;1-2-4-5-3-1;;;/h1-9H;1-3H,4H2;2*1H;/q2*-1;;;+4/p-1. The first kappa shape index (κ1) is 21.5. The van der Waals surface area contributed by atoms with Crippen molar-refractivity contribution in [2.45, 2.75) is 6.42 Å². The summed E-state index contributed by atoms with van der Waals surface area (Å²) in [4.78, 5) is 3.14. The average Bonchev–Trinajstić information content (AvgIpc) is 3.20. The van der Waals surface area contributed by atoms with Gasteiger partial charge in [-0.15, -0.1) is 41.5 Å². The van der Waals surface area contributed by atoms with E-state index in [1.165, 1.54) is 16.1 Å². The zero-order chi connectivity index (χ0) is 12.9. The van der Waals surface area contributed by atoms with Crippen molar-refractivity contribution in [3.8, 4) is 5.30 Å². The average molecular weight is 514 g/mol. The summed E-state index contributed by atoms with van der Waals surface area (Å²) in [6, 6.07) is 13.1. The second-order valence-electron chi connectivity index (χ2n) is 4.36. The van der Waals surface area contributed by atoms with Gasteiger partial charge in [-0.3, -0.25) is 6.08 Å². The van der Waals surface area contributed by atoms with E-state index in [1.807, 2.05) is 18.3 Å². The van der Waals surface area contributed by atoms with Crippen LogP contribution < -0.4 is 29.8 Å². The van der Waals surface area contributed by atoms with Gasteiger partial charge in [-0.2, -0.15) is 12.1 Å². The summed E-state index contributed by atoms with van der Waals surface area (Å²) in [5, 5.41) is 4.12. The van der Waals surface area contributed by atoms with Crippen molar-refractivity contribution in [3.63, 3.8) is 0 Å². The molecule has 0 amide bonds. The molecule has 0 radical (unpaired) electrons. The predicted molar refractivity (Wildman–Crippen MR) is 81.7 cm³/mol. The molecule has 0 saturated carbocycles. The molecule has 5 heteroatoms. The number of halogens is 2. The van der Waals surface area contributed by atoms with Crippen molar-refractivity contribution in [1.29, 1.82) is 0 Å². The third-order valence-electron chi connectivity index (χ3n) is 3.03. The Labute approximate surface area is 163 Å². The smallest absolute Gasteiger partial charge is 1.00 e. The molecular weight excluding hydrogens is 499 g/mol. The van der Waals surface area contributed by atoms with Gasteiger partial charge in [0.15, 0.2) is 12.1 Å². The molecular formula is C17H15Cl2HfNP+. The van der Waals surface area contributed by atoms with E-state index in [-0.39, 0.29) is 58.2 Å². The van der Waals surface area contributed by atoms with Crippen molar-refractivity contribution in [2.24, 2.45) is 0 Å². The summed E-state index contributed by atoms with van der Waals surface area (Å²) in [5.74, 6) is 4.41. The van der Waals surface area contributed by atoms with Crippen molar-refractivity contribution < 1.29 is 55.6 Å². The van der Waals surface area contributed by atoms with Crippen LogP contribution >= 0.6 is 7.53 Å². The number of rotatable bonds is 1. The summed E-state index contributed by atoms with van der Waals surface area (Å²) in [6.07, 6.45) is 12.0. The molecule has 0 bridgehead atoms. The maximum absolute atomic E-state index is 3.14. The Kier molecular flexibility index (Phi) is 10.8. The fourth-order valence-corrected chi connectivity index (χ4v) is 3.55. The van der Waals surface area contributed by atoms with E-state index < -0.39 is 0 Å². The van der Waals surface area contributed by atoms with Crippen molar-refractivity contribution in [1.82, 2.24) is 0 Å². The van der Waals surface area contributed by atoms with E-state index in [9.17, 15) is 0 Å². The van der Waals surface area contributed by atoms with Crippen molar-refractivity contribution in [3.05, 3.63) is 78.6 Å². The maximum Gasteiger partial charge on any atom is 4.00 e. The Morgan fingerprint density at radius 2 is 2.00 bits per heavy atom. The van der Waals surface area contributed by atoms with Crippen LogP contribution in [0.5, 0.6) is 0 Å². The van der Waals surface area contributed by atoms with Gasteiger partial charge in [-0.1, -0.05) is 11.4 Å². The summed E-state index contributed by atoms with van der Waals surface area (Å²) in [6.45, 7) is 0. The number of nitrogens with one attached hydrogen (secondary N) is 1. The van der Waals surface area contributed by atoms with Gasteiger partial charge < -0.3 is 24.8 Å². The second kappa shape index (κ2) is 11.1. The third kappa shape index (κ3) is 5.59. The first-order valence-electron chi connectivity index (χ1n) is 6.35. The Bertz CT molecular complexity index is 674. The summed E-state index contributed by atoms with van der Waals surface area (Å²) in [7, 11) is -0.204. The molecule has 0 spiro atoms. The van der Waals surface area contributed by atoms with Crippen LogP contribution in [-0.4, -0.2) is 0 Å². The molecule has 22 heavy (non-hydrogen) atoms. The number of H-pyrrole nitrogens is 1. The predicted octanol–water partition coefficient (Wildman–Crippen LogP) is -1.34. The Morgan fingerprint density at radius 1 is 1.18 bits per heavy atom. The summed E-state index contributed by atoms with van der Waals surface area (Å²) in [5.41, 5.74) is 0. The topological polar surface area (TPSA) is 14.1 Å². The Hall–Kier alpha value is -0.530. The van der Waals surface area contributed by atoms with Crippen molar-refractivity contribution in [2.75, 3.05) is 0 Å². The fourth-order valence-electron chi connectivity index (χ4n) is 2.07.